The number of carboxylic acids is 1. The van der Waals surface area contributed by atoms with Crippen LogP contribution in [0.1, 0.15) is 28.8 Å². The Bertz CT molecular complexity index is 777. The van der Waals surface area contributed by atoms with Gasteiger partial charge in [-0.05, 0) is 23.8 Å². The summed E-state index contributed by atoms with van der Waals surface area (Å²) in [7, 11) is 0. The highest BCUT2D eigenvalue weighted by Gasteiger charge is 2.10. The Kier molecular flexibility index (Phi) is 6.35. The Labute approximate surface area is 148 Å². The lowest BCUT2D eigenvalue weighted by Crippen LogP contribution is -2.20. The first kappa shape index (κ1) is 18.0. The maximum atomic E-state index is 12.1. The van der Waals surface area contributed by atoms with Crippen LogP contribution in [0.4, 0.5) is 0 Å². The number of aliphatic carboxylic acids is 1. The predicted molar refractivity (Wildman–Crippen MR) is 93.8 cm³/mol. The smallest absolute Gasteiger partial charge is 0.303 e. The van der Waals surface area contributed by atoms with Gasteiger partial charge in [0, 0.05) is 12.0 Å². The standard InChI is InChI=1S/C17H14Cl2N2O3/c18-13-7-6-12(10-14(13)19)17(24)21-20-15(8-9-16(22)23)11-4-2-1-3-5-11/h1-7,10H,8-9H2,(H,21,24)(H,22,23)/b20-15+. The summed E-state index contributed by atoms with van der Waals surface area (Å²) in [6.07, 6.45) is 0.109. The lowest BCUT2D eigenvalue weighted by atomic mass is 10.1. The Balaban J connectivity index is 2.18. The van der Waals surface area contributed by atoms with Crippen molar-refractivity contribution in [3.05, 3.63) is 69.7 Å². The molecule has 5 nitrogen and oxygen atoms in total. The van der Waals surface area contributed by atoms with E-state index in [0.29, 0.717) is 16.3 Å². The average molecular weight is 365 g/mol. The van der Waals surface area contributed by atoms with Crippen LogP contribution in [-0.2, 0) is 4.79 Å². The summed E-state index contributed by atoms with van der Waals surface area (Å²) in [6.45, 7) is 0. The molecule has 0 unspecified atom stereocenters. The van der Waals surface area contributed by atoms with Crippen molar-refractivity contribution in [2.75, 3.05) is 0 Å². The molecule has 0 atom stereocenters. The van der Waals surface area contributed by atoms with Crippen LogP contribution in [0.3, 0.4) is 0 Å². The van der Waals surface area contributed by atoms with Gasteiger partial charge in [0.1, 0.15) is 0 Å². The molecular weight excluding hydrogens is 351 g/mol. The highest BCUT2D eigenvalue weighted by molar-refractivity contribution is 6.42. The maximum Gasteiger partial charge on any atom is 0.303 e. The summed E-state index contributed by atoms with van der Waals surface area (Å²) in [5.74, 6) is -1.40. The predicted octanol–water partition coefficient (Wildman–Crippen LogP) is 3.99. The lowest BCUT2D eigenvalue weighted by Gasteiger charge is -2.07. The van der Waals surface area contributed by atoms with Crippen molar-refractivity contribution in [2.45, 2.75) is 12.8 Å². The van der Waals surface area contributed by atoms with Gasteiger partial charge in [0.2, 0.25) is 0 Å². The lowest BCUT2D eigenvalue weighted by molar-refractivity contribution is -0.136. The summed E-state index contributed by atoms with van der Waals surface area (Å²) in [6, 6.07) is 13.5. The normalized spacial score (nSPS) is 11.2. The first-order valence-corrected chi connectivity index (χ1v) is 7.82. The zero-order valence-electron chi connectivity index (χ0n) is 12.5. The molecule has 0 saturated carbocycles. The number of benzene rings is 2. The number of hydrazone groups is 1. The van der Waals surface area contributed by atoms with Crippen molar-refractivity contribution in [1.82, 2.24) is 5.43 Å². The third-order valence-electron chi connectivity index (χ3n) is 3.16. The van der Waals surface area contributed by atoms with Crippen LogP contribution in [0.5, 0.6) is 0 Å². The van der Waals surface area contributed by atoms with E-state index >= 15 is 0 Å². The van der Waals surface area contributed by atoms with E-state index in [1.165, 1.54) is 18.2 Å². The number of carbonyl (C=O) groups is 2. The van der Waals surface area contributed by atoms with Gasteiger partial charge in [0.25, 0.3) is 5.91 Å². The number of carbonyl (C=O) groups excluding carboxylic acids is 1. The van der Waals surface area contributed by atoms with E-state index in [4.69, 9.17) is 28.3 Å². The molecule has 2 rings (SSSR count). The fraction of sp³-hybridized carbons (Fsp3) is 0.118. The summed E-state index contributed by atoms with van der Waals surface area (Å²) < 4.78 is 0. The fourth-order valence-electron chi connectivity index (χ4n) is 1.94. The molecule has 124 valence electrons. The largest absolute Gasteiger partial charge is 0.481 e. The number of amides is 1. The van der Waals surface area contributed by atoms with Crippen molar-refractivity contribution in [3.63, 3.8) is 0 Å². The summed E-state index contributed by atoms with van der Waals surface area (Å²) >= 11 is 11.7. The van der Waals surface area contributed by atoms with Gasteiger partial charge in [0.05, 0.1) is 22.2 Å². The molecule has 0 aromatic heterocycles. The SMILES string of the molecule is O=C(O)CC/C(=N\NC(=O)c1ccc(Cl)c(Cl)c1)c1ccccc1. The minimum atomic E-state index is -0.936. The van der Waals surface area contributed by atoms with Crippen molar-refractivity contribution >= 4 is 40.8 Å². The fourth-order valence-corrected chi connectivity index (χ4v) is 2.24. The Hall–Kier alpha value is -2.37. The van der Waals surface area contributed by atoms with Crippen LogP contribution in [0.25, 0.3) is 0 Å². The zero-order valence-corrected chi connectivity index (χ0v) is 14.0. The van der Waals surface area contributed by atoms with Crippen LogP contribution in [0.15, 0.2) is 53.6 Å². The van der Waals surface area contributed by atoms with Crippen molar-refractivity contribution in [1.29, 1.82) is 0 Å². The quantitative estimate of drug-likeness (QED) is 0.600. The van der Waals surface area contributed by atoms with Crippen LogP contribution in [-0.4, -0.2) is 22.7 Å². The number of hydrogen-bond donors (Lipinski definition) is 2. The van der Waals surface area contributed by atoms with Gasteiger partial charge in [-0.1, -0.05) is 53.5 Å². The monoisotopic (exact) mass is 364 g/mol. The van der Waals surface area contributed by atoms with E-state index in [0.717, 1.165) is 5.56 Å². The van der Waals surface area contributed by atoms with Gasteiger partial charge in [-0.15, -0.1) is 0 Å². The van der Waals surface area contributed by atoms with E-state index in [2.05, 4.69) is 10.5 Å². The molecule has 0 radical (unpaired) electrons. The summed E-state index contributed by atoms with van der Waals surface area (Å²) in [5, 5.41) is 13.5. The number of carboxylic acid groups (broad SMARTS) is 1. The number of halogens is 2. The van der Waals surface area contributed by atoms with Gasteiger partial charge in [-0.2, -0.15) is 5.10 Å². The topological polar surface area (TPSA) is 78.8 Å². The van der Waals surface area contributed by atoms with Crippen LogP contribution >= 0.6 is 23.2 Å². The molecule has 0 aliphatic carbocycles. The van der Waals surface area contributed by atoms with Crippen molar-refractivity contribution in [2.24, 2.45) is 5.10 Å². The average Bonchev–Trinajstić information content (AvgIpc) is 2.57. The van der Waals surface area contributed by atoms with Crippen LogP contribution < -0.4 is 5.43 Å². The first-order valence-electron chi connectivity index (χ1n) is 7.06. The molecule has 2 aromatic rings. The van der Waals surface area contributed by atoms with E-state index in [1.807, 2.05) is 18.2 Å². The van der Waals surface area contributed by atoms with Gasteiger partial charge in [0.15, 0.2) is 0 Å². The third-order valence-corrected chi connectivity index (χ3v) is 3.90. The minimum absolute atomic E-state index is 0.0869. The number of hydrogen-bond acceptors (Lipinski definition) is 3. The van der Waals surface area contributed by atoms with Gasteiger partial charge < -0.3 is 5.11 Å². The number of nitrogens with zero attached hydrogens (tertiary/aromatic N) is 1. The molecule has 0 aliphatic rings. The second-order valence-corrected chi connectivity index (χ2v) is 5.70. The second-order valence-electron chi connectivity index (χ2n) is 4.89. The van der Waals surface area contributed by atoms with E-state index in [1.54, 1.807) is 12.1 Å². The molecule has 0 saturated heterocycles. The van der Waals surface area contributed by atoms with Crippen LogP contribution in [0, 0.1) is 0 Å². The molecule has 2 aromatic carbocycles. The highest BCUT2D eigenvalue weighted by Crippen LogP contribution is 2.22. The molecule has 1 amide bonds. The van der Waals surface area contributed by atoms with E-state index < -0.39 is 11.9 Å². The van der Waals surface area contributed by atoms with Crippen molar-refractivity contribution < 1.29 is 14.7 Å². The summed E-state index contributed by atoms with van der Waals surface area (Å²) in [4.78, 5) is 22.9. The number of nitrogens with one attached hydrogen (secondary N) is 1. The third kappa shape index (κ3) is 5.08. The highest BCUT2D eigenvalue weighted by atomic mass is 35.5. The maximum absolute atomic E-state index is 12.1. The molecule has 0 aliphatic heterocycles. The van der Waals surface area contributed by atoms with E-state index in [-0.39, 0.29) is 17.9 Å². The zero-order chi connectivity index (χ0) is 17.5. The Morgan fingerprint density at radius 3 is 2.29 bits per heavy atom. The Morgan fingerprint density at radius 2 is 1.67 bits per heavy atom. The molecule has 2 N–H and O–H groups in total. The molecular formula is C17H14Cl2N2O3. The van der Waals surface area contributed by atoms with E-state index in [9.17, 15) is 9.59 Å². The first-order chi connectivity index (χ1) is 11.5. The van der Waals surface area contributed by atoms with Gasteiger partial charge in [-0.25, -0.2) is 5.43 Å². The molecule has 0 heterocycles. The molecule has 7 heteroatoms. The molecule has 24 heavy (non-hydrogen) atoms. The molecule has 0 spiro atoms. The Morgan fingerprint density at radius 1 is 0.958 bits per heavy atom. The van der Waals surface area contributed by atoms with Crippen molar-refractivity contribution in [3.8, 4) is 0 Å². The second kappa shape index (κ2) is 8.47. The molecule has 0 fully saturated rings. The molecule has 0 bridgehead atoms. The summed E-state index contributed by atoms with van der Waals surface area (Å²) in [5.41, 5.74) is 3.95. The van der Waals surface area contributed by atoms with Crippen LogP contribution in [0.2, 0.25) is 10.0 Å². The number of rotatable bonds is 6. The van der Waals surface area contributed by atoms with Gasteiger partial charge >= 0.3 is 5.97 Å². The minimum Gasteiger partial charge on any atom is -0.481 e. The van der Waals surface area contributed by atoms with Gasteiger partial charge in [-0.3, -0.25) is 9.59 Å².